The van der Waals surface area contributed by atoms with E-state index in [0.717, 1.165) is 28.1 Å². The molecule has 0 amide bonds. The van der Waals surface area contributed by atoms with Gasteiger partial charge in [-0.1, -0.05) is 80.6 Å². The molecule has 1 heterocycles. The summed E-state index contributed by atoms with van der Waals surface area (Å²) in [6, 6.07) is 22.4. The monoisotopic (exact) mass is 485 g/mol. The summed E-state index contributed by atoms with van der Waals surface area (Å²) in [4.78, 5) is 3.73. The zero-order chi connectivity index (χ0) is 25.8. The minimum absolute atomic E-state index is 0.546. The van der Waals surface area contributed by atoms with Crippen LogP contribution in [0.15, 0.2) is 79.5 Å². The average molecular weight is 486 g/mol. The van der Waals surface area contributed by atoms with Gasteiger partial charge < -0.3 is 5.32 Å². The molecule has 180 valence electrons. The minimum Gasteiger partial charge on any atom is -0.388 e. The summed E-state index contributed by atoms with van der Waals surface area (Å²) < 4.78 is 1.96. The molecule has 3 aromatic carbocycles. The normalized spacial score (nSPS) is 9.63. The Bertz CT molecular complexity index is 1260. The number of nitrogens with zero attached hydrogens (tertiary/aromatic N) is 3. The predicted octanol–water partition coefficient (Wildman–Crippen LogP) is 8.86. The van der Waals surface area contributed by atoms with Crippen LogP contribution in [0, 0.1) is 20.4 Å². The number of nitrogens with one attached hydrogen (secondary N) is 1. The van der Waals surface area contributed by atoms with Crippen LogP contribution in [-0.2, 0) is 6.54 Å². The average Bonchev–Trinajstić information content (AvgIpc) is 3.34. The van der Waals surface area contributed by atoms with Gasteiger partial charge in [0.25, 0.3) is 6.57 Å². The van der Waals surface area contributed by atoms with Gasteiger partial charge in [0.1, 0.15) is 5.02 Å². The van der Waals surface area contributed by atoms with Crippen LogP contribution < -0.4 is 5.32 Å². The first-order valence-corrected chi connectivity index (χ1v) is 12.0. The molecular weight excluding hydrogens is 452 g/mol. The molecule has 0 radical (unpaired) electrons. The minimum atomic E-state index is 0.546. The highest BCUT2D eigenvalue weighted by molar-refractivity contribution is 6.33. The Balaban J connectivity index is 0.000000280. The first kappa shape index (κ1) is 27.4. The first-order valence-electron chi connectivity index (χ1n) is 11.6. The quantitative estimate of drug-likeness (QED) is 0.306. The molecule has 0 spiro atoms. The maximum absolute atomic E-state index is 6.26. The van der Waals surface area contributed by atoms with Crippen LogP contribution in [-0.4, -0.2) is 16.8 Å². The van der Waals surface area contributed by atoms with Crippen LogP contribution in [0.25, 0.3) is 22.2 Å². The van der Waals surface area contributed by atoms with Crippen molar-refractivity contribution in [1.82, 2.24) is 9.78 Å². The Labute approximate surface area is 214 Å². The number of aryl methyl sites for hydroxylation is 2. The second-order valence-electron chi connectivity index (χ2n) is 7.66. The van der Waals surface area contributed by atoms with Crippen LogP contribution in [0.5, 0.6) is 0 Å². The third-order valence-electron chi connectivity index (χ3n) is 5.27. The molecule has 0 fully saturated rings. The van der Waals surface area contributed by atoms with Gasteiger partial charge in [0.2, 0.25) is 0 Å². The molecule has 4 nitrogen and oxygen atoms in total. The Kier molecular flexibility index (Phi) is 10.8. The first-order chi connectivity index (χ1) is 17.0. The van der Waals surface area contributed by atoms with Crippen molar-refractivity contribution in [2.75, 3.05) is 12.4 Å². The number of aromatic nitrogens is 2. The third-order valence-corrected chi connectivity index (χ3v) is 5.56. The van der Waals surface area contributed by atoms with Crippen LogP contribution in [0.2, 0.25) is 5.02 Å². The van der Waals surface area contributed by atoms with E-state index in [1.165, 1.54) is 11.1 Å². The Morgan fingerprint density at radius 2 is 1.77 bits per heavy atom. The third kappa shape index (κ3) is 7.34. The molecule has 0 unspecified atom stereocenters. The van der Waals surface area contributed by atoms with Crippen molar-refractivity contribution in [3.05, 3.63) is 112 Å². The fourth-order valence-electron chi connectivity index (χ4n) is 3.57. The Morgan fingerprint density at radius 1 is 1.06 bits per heavy atom. The van der Waals surface area contributed by atoms with Crippen molar-refractivity contribution >= 4 is 29.1 Å². The summed E-state index contributed by atoms with van der Waals surface area (Å²) in [6.07, 6.45) is 3.65. The molecule has 5 heteroatoms. The van der Waals surface area contributed by atoms with Gasteiger partial charge in [0.15, 0.2) is 0 Å². The molecule has 0 aliphatic heterocycles. The highest BCUT2D eigenvalue weighted by atomic mass is 35.5. The van der Waals surface area contributed by atoms with E-state index < -0.39 is 0 Å². The van der Waals surface area contributed by atoms with E-state index in [4.69, 9.17) is 18.2 Å². The Morgan fingerprint density at radius 3 is 2.37 bits per heavy atom. The lowest BCUT2D eigenvalue weighted by Crippen LogP contribution is -2.03. The summed E-state index contributed by atoms with van der Waals surface area (Å²) >= 11 is 6.26. The molecule has 0 bridgehead atoms. The fourth-order valence-corrected chi connectivity index (χ4v) is 3.89. The molecule has 0 saturated heterocycles. The molecule has 1 N–H and O–H groups in total. The highest BCUT2D eigenvalue weighted by Gasteiger charge is 2.17. The summed E-state index contributed by atoms with van der Waals surface area (Å²) in [7, 11) is 1.92. The number of benzene rings is 3. The molecule has 1 aromatic heterocycles. The second-order valence-corrected chi connectivity index (χ2v) is 8.06. The number of anilines is 1. The Hall–Kier alpha value is -3.81. The van der Waals surface area contributed by atoms with E-state index in [2.05, 4.69) is 59.1 Å². The van der Waals surface area contributed by atoms with Gasteiger partial charge in [-0.2, -0.15) is 5.10 Å². The summed E-state index contributed by atoms with van der Waals surface area (Å²) in [5, 5.41) is 8.08. The smallest absolute Gasteiger partial charge is 0.361 e. The van der Waals surface area contributed by atoms with Crippen molar-refractivity contribution in [3.63, 3.8) is 0 Å². The van der Waals surface area contributed by atoms with Crippen molar-refractivity contribution in [1.29, 1.82) is 0 Å². The van der Waals surface area contributed by atoms with E-state index in [0.29, 0.717) is 17.3 Å². The summed E-state index contributed by atoms with van der Waals surface area (Å²) in [6.45, 7) is 17.8. The van der Waals surface area contributed by atoms with E-state index in [1.807, 2.05) is 75.0 Å². The number of rotatable bonds is 5. The van der Waals surface area contributed by atoms with E-state index in [9.17, 15) is 0 Å². The lowest BCUT2D eigenvalue weighted by atomic mass is 10.1. The van der Waals surface area contributed by atoms with Crippen molar-refractivity contribution in [2.24, 2.45) is 0 Å². The van der Waals surface area contributed by atoms with Crippen LogP contribution >= 0.6 is 11.6 Å². The number of halogens is 1. The van der Waals surface area contributed by atoms with Crippen molar-refractivity contribution in [3.8, 4) is 17.8 Å². The van der Waals surface area contributed by atoms with Crippen LogP contribution in [0.3, 0.4) is 0 Å². The zero-order valence-corrected chi connectivity index (χ0v) is 22.0. The standard InChI is InChI=1S/C18H15ClN3.C10H13N.C2H6/c1-13-10-15(11-16(19)18(13)20-2)17-8-9-21-22(17)12-14-6-4-3-5-7-14;1-4-9-6-5-8(2)7-10(9)11-3;1-2/h2-11H,12H2,1H3;4-7,11H,1H2,2-3H3;1-2H3/q+1;;. The van der Waals surface area contributed by atoms with E-state index >= 15 is 0 Å². The molecule has 0 atom stereocenters. The molecule has 4 rings (SSSR count). The maximum atomic E-state index is 6.26. The molecule has 4 aromatic rings. The molecule has 0 aliphatic carbocycles. The zero-order valence-electron chi connectivity index (χ0n) is 21.2. The van der Waals surface area contributed by atoms with Gasteiger partial charge in [-0.3, -0.25) is 4.68 Å². The van der Waals surface area contributed by atoms with Gasteiger partial charge in [0, 0.05) is 30.1 Å². The molecule has 35 heavy (non-hydrogen) atoms. The largest absolute Gasteiger partial charge is 0.388 e. The predicted molar refractivity (Wildman–Crippen MR) is 153 cm³/mol. The van der Waals surface area contributed by atoms with Crippen molar-refractivity contribution < 1.29 is 0 Å². The van der Waals surface area contributed by atoms with Crippen molar-refractivity contribution in [2.45, 2.75) is 34.2 Å². The summed E-state index contributed by atoms with van der Waals surface area (Å²) in [5.41, 5.74) is 8.33. The molecular formula is C30H34ClN4+. The number of hydrogen-bond donors (Lipinski definition) is 1. The lowest BCUT2D eigenvalue weighted by molar-refractivity contribution is 0.694. The van der Waals surface area contributed by atoms with Gasteiger partial charge in [-0.25, -0.2) is 0 Å². The lowest BCUT2D eigenvalue weighted by Gasteiger charge is -2.08. The maximum Gasteiger partial charge on any atom is 0.361 e. The van der Waals surface area contributed by atoms with Crippen LogP contribution in [0.4, 0.5) is 11.4 Å². The van der Waals surface area contributed by atoms with Gasteiger partial charge in [-0.15, -0.1) is 0 Å². The highest BCUT2D eigenvalue weighted by Crippen LogP contribution is 2.34. The van der Waals surface area contributed by atoms with Gasteiger partial charge in [-0.05, 0) is 59.6 Å². The topological polar surface area (TPSA) is 34.2 Å². The van der Waals surface area contributed by atoms with Crippen LogP contribution in [0.1, 0.15) is 36.1 Å². The van der Waals surface area contributed by atoms with Gasteiger partial charge in [0.05, 0.1) is 12.2 Å². The SMILES string of the molecule is C#[N+]c1c(C)cc(-c2ccnn2Cc2ccccc2)cc1Cl.C=Cc1ccc(C)cc1NC.CC. The van der Waals surface area contributed by atoms with E-state index in [1.54, 1.807) is 6.20 Å². The number of hydrogen-bond acceptors (Lipinski definition) is 2. The molecule has 0 aliphatic rings. The second kappa shape index (κ2) is 13.8. The van der Waals surface area contributed by atoms with Gasteiger partial charge >= 0.3 is 5.69 Å². The summed E-state index contributed by atoms with van der Waals surface area (Å²) in [5.74, 6) is 0. The fraction of sp³-hybridized carbons (Fsp3) is 0.200. The molecule has 0 saturated carbocycles. The van der Waals surface area contributed by atoms with E-state index in [-0.39, 0.29) is 0 Å².